The highest BCUT2D eigenvalue weighted by Gasteiger charge is 2.16. The van der Waals surface area contributed by atoms with Gasteiger partial charge in [-0.3, -0.25) is 9.59 Å². The number of hydrogen-bond acceptors (Lipinski definition) is 3. The van der Waals surface area contributed by atoms with E-state index >= 15 is 0 Å². The molecular weight excluding hydrogens is 359 g/mol. The Morgan fingerprint density at radius 2 is 1.79 bits per heavy atom. The Bertz CT molecular complexity index is 937. The maximum absolute atomic E-state index is 13.0. The number of nitrogens with one attached hydrogen (secondary N) is 2. The SMILES string of the molecule is CC(CC(=O)Nc1ccccc1C(=O)NCc1ccco1)c1ccc(F)cc1. The summed E-state index contributed by atoms with van der Waals surface area (Å²) in [6.07, 6.45) is 1.76. The zero-order chi connectivity index (χ0) is 19.9. The van der Waals surface area contributed by atoms with Crippen LogP contribution < -0.4 is 10.6 Å². The van der Waals surface area contributed by atoms with Crippen LogP contribution in [0.3, 0.4) is 0 Å². The van der Waals surface area contributed by atoms with Crippen molar-refractivity contribution in [2.75, 3.05) is 5.32 Å². The van der Waals surface area contributed by atoms with Gasteiger partial charge in [0, 0.05) is 6.42 Å². The number of anilines is 1. The Hall–Kier alpha value is -3.41. The molecular formula is C22H21FN2O3. The highest BCUT2D eigenvalue weighted by Crippen LogP contribution is 2.21. The molecule has 0 radical (unpaired) electrons. The molecule has 144 valence electrons. The standard InChI is InChI=1S/C22H21FN2O3/c1-15(16-8-10-17(23)11-9-16)13-21(26)25-20-7-3-2-6-19(20)22(27)24-14-18-5-4-12-28-18/h2-12,15H,13-14H2,1H3,(H,24,27)(H,25,26). The fraction of sp³-hybridized carbons (Fsp3) is 0.182. The van der Waals surface area contributed by atoms with E-state index in [4.69, 9.17) is 4.42 Å². The van der Waals surface area contributed by atoms with Crippen LogP contribution in [0.4, 0.5) is 10.1 Å². The fourth-order valence-corrected chi connectivity index (χ4v) is 2.85. The number of amides is 2. The maximum atomic E-state index is 13.0. The second kappa shape index (κ2) is 8.99. The monoisotopic (exact) mass is 380 g/mol. The van der Waals surface area contributed by atoms with E-state index in [-0.39, 0.29) is 36.5 Å². The van der Waals surface area contributed by atoms with Gasteiger partial charge >= 0.3 is 0 Å². The molecule has 1 atom stereocenters. The van der Waals surface area contributed by atoms with E-state index in [1.165, 1.54) is 18.4 Å². The molecule has 2 aromatic carbocycles. The zero-order valence-corrected chi connectivity index (χ0v) is 15.4. The van der Waals surface area contributed by atoms with Crippen LogP contribution in [0.15, 0.2) is 71.3 Å². The van der Waals surface area contributed by atoms with Crippen LogP contribution in [0, 0.1) is 5.82 Å². The molecule has 0 aliphatic rings. The second-order valence-corrected chi connectivity index (χ2v) is 6.51. The molecule has 0 aliphatic carbocycles. The van der Waals surface area contributed by atoms with Gasteiger partial charge in [-0.05, 0) is 47.9 Å². The number of benzene rings is 2. The van der Waals surface area contributed by atoms with Crippen molar-refractivity contribution in [2.45, 2.75) is 25.8 Å². The quantitative estimate of drug-likeness (QED) is 0.635. The maximum Gasteiger partial charge on any atom is 0.253 e. The summed E-state index contributed by atoms with van der Waals surface area (Å²) in [5.74, 6) is -0.277. The van der Waals surface area contributed by atoms with Crippen LogP contribution in [-0.2, 0) is 11.3 Å². The third-order valence-corrected chi connectivity index (χ3v) is 4.38. The third kappa shape index (κ3) is 5.07. The Balaban J connectivity index is 1.62. The van der Waals surface area contributed by atoms with Gasteiger partial charge in [0.25, 0.3) is 5.91 Å². The highest BCUT2D eigenvalue weighted by atomic mass is 19.1. The zero-order valence-electron chi connectivity index (χ0n) is 15.4. The number of carbonyl (C=O) groups excluding carboxylic acids is 2. The Morgan fingerprint density at radius 3 is 2.50 bits per heavy atom. The van der Waals surface area contributed by atoms with Gasteiger partial charge in [0.05, 0.1) is 24.1 Å². The van der Waals surface area contributed by atoms with E-state index in [2.05, 4.69) is 10.6 Å². The summed E-state index contributed by atoms with van der Waals surface area (Å²) < 4.78 is 18.2. The molecule has 0 fully saturated rings. The first-order valence-corrected chi connectivity index (χ1v) is 8.98. The minimum Gasteiger partial charge on any atom is -0.467 e. The van der Waals surface area contributed by atoms with E-state index < -0.39 is 0 Å². The van der Waals surface area contributed by atoms with Crippen LogP contribution in [0.5, 0.6) is 0 Å². The van der Waals surface area contributed by atoms with Crippen LogP contribution >= 0.6 is 0 Å². The first kappa shape index (κ1) is 19.4. The lowest BCUT2D eigenvalue weighted by Crippen LogP contribution is -2.25. The summed E-state index contributed by atoms with van der Waals surface area (Å²) in [7, 11) is 0. The summed E-state index contributed by atoms with van der Waals surface area (Å²) in [5, 5.41) is 5.57. The van der Waals surface area contributed by atoms with Crippen molar-refractivity contribution in [1.29, 1.82) is 0 Å². The van der Waals surface area contributed by atoms with Crippen LogP contribution in [-0.4, -0.2) is 11.8 Å². The van der Waals surface area contributed by atoms with Crippen LogP contribution in [0.1, 0.15) is 40.9 Å². The molecule has 2 amide bonds. The molecule has 28 heavy (non-hydrogen) atoms. The number of halogens is 1. The molecule has 1 heterocycles. The van der Waals surface area contributed by atoms with Gasteiger partial charge in [-0.25, -0.2) is 4.39 Å². The molecule has 3 aromatic rings. The van der Waals surface area contributed by atoms with E-state index in [0.717, 1.165) is 5.56 Å². The lowest BCUT2D eigenvalue weighted by molar-refractivity contribution is -0.116. The van der Waals surface area contributed by atoms with Gasteiger partial charge in [-0.2, -0.15) is 0 Å². The molecule has 5 nitrogen and oxygen atoms in total. The lowest BCUT2D eigenvalue weighted by atomic mass is 9.97. The average molecular weight is 380 g/mol. The number of furan rings is 1. The van der Waals surface area contributed by atoms with Crippen LogP contribution in [0.25, 0.3) is 0 Å². The predicted molar refractivity (Wildman–Crippen MR) is 104 cm³/mol. The number of hydrogen-bond donors (Lipinski definition) is 2. The number of para-hydroxylation sites is 1. The molecule has 0 saturated heterocycles. The van der Waals surface area contributed by atoms with Crippen molar-refractivity contribution in [1.82, 2.24) is 5.32 Å². The summed E-state index contributed by atoms with van der Waals surface area (Å²) in [6, 6.07) is 16.4. The summed E-state index contributed by atoms with van der Waals surface area (Å²) in [4.78, 5) is 24.9. The molecule has 0 aliphatic heterocycles. The van der Waals surface area contributed by atoms with E-state index in [9.17, 15) is 14.0 Å². The largest absolute Gasteiger partial charge is 0.467 e. The Labute approximate surface area is 162 Å². The molecule has 1 aromatic heterocycles. The second-order valence-electron chi connectivity index (χ2n) is 6.51. The number of rotatable bonds is 7. The molecule has 6 heteroatoms. The smallest absolute Gasteiger partial charge is 0.253 e. The minimum absolute atomic E-state index is 0.0828. The average Bonchev–Trinajstić information content (AvgIpc) is 3.20. The Morgan fingerprint density at radius 1 is 1.04 bits per heavy atom. The van der Waals surface area contributed by atoms with E-state index in [1.54, 1.807) is 48.5 Å². The van der Waals surface area contributed by atoms with Gasteiger partial charge < -0.3 is 15.1 Å². The molecule has 0 saturated carbocycles. The molecule has 0 bridgehead atoms. The van der Waals surface area contributed by atoms with Crippen LogP contribution in [0.2, 0.25) is 0 Å². The molecule has 1 unspecified atom stereocenters. The molecule has 0 spiro atoms. The lowest BCUT2D eigenvalue weighted by Gasteiger charge is -2.14. The van der Waals surface area contributed by atoms with Gasteiger partial charge in [0.2, 0.25) is 5.91 Å². The normalized spacial score (nSPS) is 11.6. The van der Waals surface area contributed by atoms with Gasteiger partial charge in [0.15, 0.2) is 0 Å². The van der Waals surface area contributed by atoms with Crippen molar-refractivity contribution in [2.24, 2.45) is 0 Å². The van der Waals surface area contributed by atoms with Gasteiger partial charge in [0.1, 0.15) is 11.6 Å². The fourth-order valence-electron chi connectivity index (χ4n) is 2.85. The molecule has 2 N–H and O–H groups in total. The van der Waals surface area contributed by atoms with Crippen molar-refractivity contribution >= 4 is 17.5 Å². The van der Waals surface area contributed by atoms with E-state index in [1.807, 2.05) is 6.92 Å². The first-order chi connectivity index (χ1) is 13.5. The minimum atomic E-state index is -0.310. The topological polar surface area (TPSA) is 71.3 Å². The van der Waals surface area contributed by atoms with Crippen molar-refractivity contribution in [3.63, 3.8) is 0 Å². The number of carbonyl (C=O) groups is 2. The predicted octanol–water partition coefficient (Wildman–Crippen LogP) is 4.48. The summed E-state index contributed by atoms with van der Waals surface area (Å²) in [5.41, 5.74) is 1.69. The third-order valence-electron chi connectivity index (χ3n) is 4.38. The Kier molecular flexibility index (Phi) is 6.22. The van der Waals surface area contributed by atoms with Gasteiger partial charge in [-0.1, -0.05) is 31.2 Å². The van der Waals surface area contributed by atoms with Gasteiger partial charge in [-0.15, -0.1) is 0 Å². The molecule has 3 rings (SSSR count). The van der Waals surface area contributed by atoms with E-state index in [0.29, 0.717) is 17.0 Å². The highest BCUT2D eigenvalue weighted by molar-refractivity contribution is 6.03. The van der Waals surface area contributed by atoms with Crippen molar-refractivity contribution in [3.8, 4) is 0 Å². The summed E-state index contributed by atoms with van der Waals surface area (Å²) in [6.45, 7) is 2.16. The van der Waals surface area contributed by atoms with Crippen molar-refractivity contribution in [3.05, 3.63) is 89.6 Å². The summed E-state index contributed by atoms with van der Waals surface area (Å²) >= 11 is 0. The van der Waals surface area contributed by atoms with Crippen molar-refractivity contribution < 1.29 is 18.4 Å². The first-order valence-electron chi connectivity index (χ1n) is 8.98.